The highest BCUT2D eigenvalue weighted by molar-refractivity contribution is 7.99. The molecule has 8 heteroatoms. The monoisotopic (exact) mass is 499 g/mol. The van der Waals surface area contributed by atoms with Crippen LogP contribution in [0.2, 0.25) is 0 Å². The van der Waals surface area contributed by atoms with Gasteiger partial charge in [-0.1, -0.05) is 87.1 Å². The van der Waals surface area contributed by atoms with Gasteiger partial charge in [-0.25, -0.2) is 5.43 Å². The third-order valence-electron chi connectivity index (χ3n) is 5.51. The van der Waals surface area contributed by atoms with Crippen molar-refractivity contribution in [1.29, 1.82) is 0 Å². The fourth-order valence-electron chi connectivity index (χ4n) is 3.51. The van der Waals surface area contributed by atoms with Gasteiger partial charge in [0.25, 0.3) is 5.91 Å². The molecule has 0 spiro atoms. The van der Waals surface area contributed by atoms with Gasteiger partial charge in [0, 0.05) is 11.3 Å². The van der Waals surface area contributed by atoms with E-state index in [0.717, 1.165) is 22.6 Å². The summed E-state index contributed by atoms with van der Waals surface area (Å²) in [5.41, 5.74) is 6.59. The Bertz CT molecular complexity index is 1330. The van der Waals surface area contributed by atoms with Gasteiger partial charge in [-0.3, -0.25) is 9.36 Å². The summed E-state index contributed by atoms with van der Waals surface area (Å²) >= 11 is 1.30. The fourth-order valence-corrected chi connectivity index (χ4v) is 4.26. The first-order valence-corrected chi connectivity index (χ1v) is 12.5. The van der Waals surface area contributed by atoms with Gasteiger partial charge in [-0.15, -0.1) is 10.2 Å². The van der Waals surface area contributed by atoms with Gasteiger partial charge >= 0.3 is 0 Å². The van der Waals surface area contributed by atoms with E-state index in [2.05, 4.69) is 65.8 Å². The van der Waals surface area contributed by atoms with E-state index in [-0.39, 0.29) is 17.1 Å². The third kappa shape index (κ3) is 6.20. The van der Waals surface area contributed by atoms with Crippen molar-refractivity contribution in [2.24, 2.45) is 5.10 Å². The largest absolute Gasteiger partial charge is 0.497 e. The van der Waals surface area contributed by atoms with Gasteiger partial charge in [0.1, 0.15) is 5.75 Å². The summed E-state index contributed by atoms with van der Waals surface area (Å²) in [5.74, 6) is 1.37. The van der Waals surface area contributed by atoms with Crippen LogP contribution in [0.4, 0.5) is 0 Å². The van der Waals surface area contributed by atoms with Crippen molar-refractivity contribution in [3.05, 3.63) is 90.0 Å². The molecule has 0 radical (unpaired) electrons. The fraction of sp³-hybridized carbons (Fsp3) is 0.214. The maximum atomic E-state index is 12.4. The van der Waals surface area contributed by atoms with Gasteiger partial charge in [-0.2, -0.15) is 5.10 Å². The number of thioether (sulfide) groups is 1. The zero-order valence-electron chi connectivity index (χ0n) is 20.8. The molecule has 0 aliphatic rings. The lowest BCUT2D eigenvalue weighted by Gasteiger charge is -2.19. The number of hydrogen-bond donors (Lipinski definition) is 1. The number of nitrogens with zero attached hydrogens (tertiary/aromatic N) is 4. The van der Waals surface area contributed by atoms with E-state index in [1.807, 2.05) is 59.2 Å². The SMILES string of the molecule is COc1ccc(-n2c(SCC(=O)N/N=C\c3ccccc3)nnc2-c2ccc(C(C)(C)C)cc2)cc1. The lowest BCUT2D eigenvalue weighted by Crippen LogP contribution is -2.20. The normalized spacial score (nSPS) is 11.6. The molecule has 36 heavy (non-hydrogen) atoms. The van der Waals surface area contributed by atoms with Gasteiger partial charge in [-0.05, 0) is 40.8 Å². The Morgan fingerprint density at radius 2 is 1.69 bits per heavy atom. The molecule has 0 saturated heterocycles. The maximum Gasteiger partial charge on any atom is 0.250 e. The smallest absolute Gasteiger partial charge is 0.250 e. The Labute approximate surface area is 215 Å². The molecule has 1 amide bonds. The van der Waals surface area contributed by atoms with E-state index < -0.39 is 0 Å². The number of ether oxygens (including phenoxy) is 1. The minimum atomic E-state index is -0.229. The number of amides is 1. The van der Waals surface area contributed by atoms with Crippen molar-refractivity contribution in [3.63, 3.8) is 0 Å². The summed E-state index contributed by atoms with van der Waals surface area (Å²) in [4.78, 5) is 12.4. The molecule has 0 bridgehead atoms. The Morgan fingerprint density at radius 1 is 1.00 bits per heavy atom. The maximum absolute atomic E-state index is 12.4. The van der Waals surface area contributed by atoms with Gasteiger partial charge in [0.2, 0.25) is 0 Å². The van der Waals surface area contributed by atoms with Crippen LogP contribution in [0.5, 0.6) is 5.75 Å². The Kier molecular flexibility index (Phi) is 7.85. The second-order valence-electron chi connectivity index (χ2n) is 9.16. The van der Waals surface area contributed by atoms with Gasteiger partial charge in [0.05, 0.1) is 19.1 Å². The molecule has 184 valence electrons. The second-order valence-corrected chi connectivity index (χ2v) is 10.1. The number of rotatable bonds is 8. The molecular formula is C28H29N5O2S. The van der Waals surface area contributed by atoms with Crippen molar-refractivity contribution < 1.29 is 9.53 Å². The van der Waals surface area contributed by atoms with E-state index >= 15 is 0 Å². The first kappa shape index (κ1) is 25.2. The van der Waals surface area contributed by atoms with E-state index in [9.17, 15) is 4.79 Å². The van der Waals surface area contributed by atoms with Crippen LogP contribution < -0.4 is 10.2 Å². The Hall–Kier alpha value is -3.91. The minimum Gasteiger partial charge on any atom is -0.497 e. The highest BCUT2D eigenvalue weighted by Gasteiger charge is 2.19. The molecule has 0 aliphatic carbocycles. The molecule has 1 N–H and O–H groups in total. The van der Waals surface area contributed by atoms with Crippen molar-refractivity contribution in [2.75, 3.05) is 12.9 Å². The Morgan fingerprint density at radius 3 is 2.33 bits per heavy atom. The number of methoxy groups -OCH3 is 1. The topological polar surface area (TPSA) is 81.4 Å². The molecule has 0 saturated carbocycles. The first-order chi connectivity index (χ1) is 17.3. The molecular weight excluding hydrogens is 470 g/mol. The molecule has 1 aromatic heterocycles. The van der Waals surface area contributed by atoms with Crippen LogP contribution in [-0.4, -0.2) is 39.7 Å². The lowest BCUT2D eigenvalue weighted by atomic mass is 9.87. The van der Waals surface area contributed by atoms with Crippen molar-refractivity contribution in [3.8, 4) is 22.8 Å². The zero-order chi connectivity index (χ0) is 25.5. The summed E-state index contributed by atoms with van der Waals surface area (Å²) in [7, 11) is 1.64. The molecule has 0 unspecified atom stereocenters. The number of carbonyl (C=O) groups is 1. The molecule has 4 aromatic rings. The van der Waals surface area contributed by atoms with E-state index in [4.69, 9.17) is 4.74 Å². The van der Waals surface area contributed by atoms with Gasteiger partial charge < -0.3 is 4.74 Å². The summed E-state index contributed by atoms with van der Waals surface area (Å²) in [5, 5.41) is 13.5. The molecule has 0 atom stereocenters. The van der Waals surface area contributed by atoms with E-state index in [1.54, 1.807) is 13.3 Å². The minimum absolute atomic E-state index is 0.0551. The first-order valence-electron chi connectivity index (χ1n) is 11.6. The van der Waals surface area contributed by atoms with Crippen LogP contribution in [0, 0.1) is 0 Å². The van der Waals surface area contributed by atoms with Crippen molar-refractivity contribution in [1.82, 2.24) is 20.2 Å². The quantitative estimate of drug-likeness (QED) is 0.197. The number of carbonyl (C=O) groups excluding carboxylic acids is 1. The summed E-state index contributed by atoms with van der Waals surface area (Å²) in [6, 6.07) is 25.6. The van der Waals surface area contributed by atoms with Crippen LogP contribution >= 0.6 is 11.8 Å². The van der Waals surface area contributed by atoms with Crippen molar-refractivity contribution in [2.45, 2.75) is 31.3 Å². The number of benzene rings is 3. The highest BCUT2D eigenvalue weighted by Crippen LogP contribution is 2.30. The number of nitrogens with one attached hydrogen (secondary N) is 1. The van der Waals surface area contributed by atoms with Crippen LogP contribution in [0.1, 0.15) is 31.9 Å². The van der Waals surface area contributed by atoms with Gasteiger partial charge in [0.15, 0.2) is 11.0 Å². The summed E-state index contributed by atoms with van der Waals surface area (Å²) < 4.78 is 7.27. The van der Waals surface area contributed by atoms with Crippen LogP contribution in [0.15, 0.2) is 89.1 Å². The molecule has 4 rings (SSSR count). The van der Waals surface area contributed by atoms with Crippen LogP contribution in [0.3, 0.4) is 0 Å². The Balaban J connectivity index is 1.56. The predicted octanol–water partition coefficient (Wildman–Crippen LogP) is 5.48. The zero-order valence-corrected chi connectivity index (χ0v) is 21.6. The molecule has 7 nitrogen and oxygen atoms in total. The average molecular weight is 500 g/mol. The summed E-state index contributed by atoms with van der Waals surface area (Å²) in [6.07, 6.45) is 1.61. The molecule has 1 heterocycles. The molecule has 0 aliphatic heterocycles. The van der Waals surface area contributed by atoms with E-state index in [0.29, 0.717) is 11.0 Å². The average Bonchev–Trinajstić information content (AvgIpc) is 3.31. The van der Waals surface area contributed by atoms with Crippen molar-refractivity contribution >= 4 is 23.9 Å². The molecule has 3 aromatic carbocycles. The third-order valence-corrected chi connectivity index (χ3v) is 6.44. The standard InChI is InChI=1S/C28H29N5O2S/c1-28(2,3)22-12-10-21(11-13-22)26-31-32-27(33(26)23-14-16-24(35-4)17-15-23)36-19-25(34)30-29-18-20-8-6-5-7-9-20/h5-18H,19H2,1-4H3,(H,30,34)/b29-18-. The van der Waals surface area contributed by atoms with Crippen LogP contribution in [-0.2, 0) is 10.2 Å². The van der Waals surface area contributed by atoms with E-state index in [1.165, 1.54) is 17.3 Å². The number of aromatic nitrogens is 3. The predicted molar refractivity (Wildman–Crippen MR) is 145 cm³/mol. The highest BCUT2D eigenvalue weighted by atomic mass is 32.2. The number of hydrazone groups is 1. The summed E-state index contributed by atoms with van der Waals surface area (Å²) in [6.45, 7) is 6.56. The second kappa shape index (κ2) is 11.2. The molecule has 0 fully saturated rings. The van der Waals surface area contributed by atoms with Crippen LogP contribution in [0.25, 0.3) is 17.1 Å². The number of hydrogen-bond acceptors (Lipinski definition) is 6. The lowest BCUT2D eigenvalue weighted by molar-refractivity contribution is -0.118.